The molecular formula is C20H14N4O. The van der Waals surface area contributed by atoms with Gasteiger partial charge in [-0.15, -0.1) is 0 Å². The van der Waals surface area contributed by atoms with Gasteiger partial charge in [-0.3, -0.25) is 4.79 Å². The number of rotatable bonds is 3. The highest BCUT2D eigenvalue weighted by Crippen LogP contribution is 2.36. The molecule has 0 radical (unpaired) electrons. The average molecular weight is 326 g/mol. The Bertz CT molecular complexity index is 1050. The molecule has 0 atom stereocenters. The first-order valence-electron chi connectivity index (χ1n) is 7.53. The fourth-order valence-electron chi connectivity index (χ4n) is 2.93. The van der Waals surface area contributed by atoms with Crippen LogP contribution in [-0.4, -0.2) is 10.5 Å². The van der Waals surface area contributed by atoms with Crippen molar-refractivity contribution in [2.45, 2.75) is 0 Å². The van der Waals surface area contributed by atoms with Crippen LogP contribution in [0.1, 0.15) is 16.1 Å². The van der Waals surface area contributed by atoms with Gasteiger partial charge in [-0.2, -0.15) is 5.26 Å². The fraction of sp³-hybridized carbons (Fsp3) is 0.0500. The fourth-order valence-corrected chi connectivity index (χ4v) is 2.93. The van der Waals surface area contributed by atoms with Gasteiger partial charge in [-0.1, -0.05) is 42.5 Å². The molecule has 0 aliphatic rings. The van der Waals surface area contributed by atoms with Crippen molar-refractivity contribution in [3.63, 3.8) is 0 Å². The van der Waals surface area contributed by atoms with Gasteiger partial charge in [0.2, 0.25) is 5.69 Å². The van der Waals surface area contributed by atoms with Gasteiger partial charge in [0.1, 0.15) is 5.69 Å². The predicted octanol–water partition coefficient (Wildman–Crippen LogP) is 3.88. The normalized spacial score (nSPS) is 10.0. The number of hydrogen-bond donors (Lipinski definition) is 1. The Morgan fingerprint density at radius 1 is 1.16 bits per heavy atom. The summed E-state index contributed by atoms with van der Waals surface area (Å²) in [5.74, 6) is -0.577. The maximum atomic E-state index is 11.8. The van der Waals surface area contributed by atoms with Crippen LogP contribution in [0, 0.1) is 17.9 Å². The highest BCUT2D eigenvalue weighted by molar-refractivity contribution is 6.02. The van der Waals surface area contributed by atoms with Crippen LogP contribution < -0.4 is 5.73 Å². The van der Waals surface area contributed by atoms with Gasteiger partial charge in [0.05, 0.1) is 18.2 Å². The number of primary amides is 1. The minimum atomic E-state index is -0.577. The lowest BCUT2D eigenvalue weighted by Crippen LogP contribution is -2.16. The first kappa shape index (κ1) is 16.0. The smallest absolute Gasteiger partial charge is 0.264 e. The lowest BCUT2D eigenvalue weighted by molar-refractivity contribution is 0.0993. The highest BCUT2D eigenvalue weighted by Gasteiger charge is 2.19. The van der Waals surface area contributed by atoms with Crippen LogP contribution in [0.2, 0.25) is 0 Å². The highest BCUT2D eigenvalue weighted by atomic mass is 16.1. The topological polar surface area (TPSA) is 76.2 Å². The van der Waals surface area contributed by atoms with Crippen molar-refractivity contribution in [3.8, 4) is 28.3 Å². The summed E-state index contributed by atoms with van der Waals surface area (Å²) in [5.41, 5.74) is 9.75. The number of aryl methyl sites for hydroxylation is 1. The molecule has 1 amide bonds. The summed E-state index contributed by atoms with van der Waals surface area (Å²) in [5, 5.41) is 9.24. The Labute approximate surface area is 145 Å². The number of hydrogen-bond acceptors (Lipinski definition) is 2. The van der Waals surface area contributed by atoms with E-state index >= 15 is 0 Å². The largest absolute Gasteiger partial charge is 0.364 e. The second-order valence-corrected chi connectivity index (χ2v) is 5.56. The summed E-state index contributed by atoms with van der Waals surface area (Å²) < 4.78 is 1.57. The van der Waals surface area contributed by atoms with Crippen molar-refractivity contribution in [1.82, 2.24) is 4.57 Å². The van der Waals surface area contributed by atoms with Gasteiger partial charge < -0.3 is 10.3 Å². The molecule has 0 aliphatic heterocycles. The van der Waals surface area contributed by atoms with E-state index in [1.165, 1.54) is 0 Å². The van der Waals surface area contributed by atoms with Gasteiger partial charge in [0.15, 0.2) is 0 Å². The molecule has 5 heteroatoms. The van der Waals surface area contributed by atoms with Crippen LogP contribution in [0.5, 0.6) is 0 Å². The van der Waals surface area contributed by atoms with Crippen LogP contribution in [0.25, 0.3) is 27.1 Å². The van der Waals surface area contributed by atoms with Crippen LogP contribution in [0.15, 0.2) is 54.7 Å². The van der Waals surface area contributed by atoms with E-state index in [9.17, 15) is 10.1 Å². The van der Waals surface area contributed by atoms with Crippen LogP contribution >= 0.6 is 0 Å². The average Bonchev–Trinajstić information content (AvgIpc) is 2.98. The maximum Gasteiger partial charge on any atom is 0.264 e. The van der Waals surface area contributed by atoms with Crippen molar-refractivity contribution in [3.05, 3.63) is 77.4 Å². The van der Waals surface area contributed by atoms with Crippen molar-refractivity contribution in [1.29, 1.82) is 5.26 Å². The second-order valence-electron chi connectivity index (χ2n) is 5.56. The summed E-state index contributed by atoms with van der Waals surface area (Å²) in [6.45, 7) is 7.34. The minimum Gasteiger partial charge on any atom is -0.364 e. The van der Waals surface area contributed by atoms with E-state index in [-0.39, 0.29) is 0 Å². The zero-order valence-electron chi connectivity index (χ0n) is 13.5. The van der Waals surface area contributed by atoms with Gasteiger partial charge in [-0.05, 0) is 22.8 Å². The van der Waals surface area contributed by atoms with Gasteiger partial charge >= 0.3 is 0 Å². The van der Waals surface area contributed by atoms with Crippen molar-refractivity contribution < 1.29 is 4.79 Å². The Kier molecular flexibility index (Phi) is 4.07. The molecule has 3 rings (SSSR count). The van der Waals surface area contributed by atoms with E-state index in [0.29, 0.717) is 22.5 Å². The molecule has 3 aromatic rings. The summed E-state index contributed by atoms with van der Waals surface area (Å²) in [6, 6.07) is 16.9. The maximum absolute atomic E-state index is 11.8. The number of aromatic nitrogens is 1. The molecule has 120 valence electrons. The van der Waals surface area contributed by atoms with Gasteiger partial charge in [0.25, 0.3) is 5.91 Å². The number of carbonyl (C=O) groups excluding carboxylic acids is 1. The van der Waals surface area contributed by atoms with Crippen LogP contribution in [0.4, 0.5) is 5.69 Å². The minimum absolute atomic E-state index is 0.302. The lowest BCUT2D eigenvalue weighted by Gasteiger charge is -2.08. The Morgan fingerprint density at radius 2 is 1.80 bits per heavy atom. The molecule has 25 heavy (non-hydrogen) atoms. The van der Waals surface area contributed by atoms with Crippen molar-refractivity contribution in [2.24, 2.45) is 12.8 Å². The Morgan fingerprint density at radius 3 is 2.40 bits per heavy atom. The molecule has 2 aromatic carbocycles. The molecule has 0 aliphatic carbocycles. The summed E-state index contributed by atoms with van der Waals surface area (Å²) in [7, 11) is 1.69. The van der Waals surface area contributed by atoms with E-state index in [0.717, 1.165) is 16.7 Å². The van der Waals surface area contributed by atoms with E-state index in [1.807, 2.05) is 42.5 Å². The third-order valence-corrected chi connectivity index (χ3v) is 4.05. The van der Waals surface area contributed by atoms with E-state index < -0.39 is 5.91 Å². The number of nitriles is 1. The molecule has 0 saturated heterocycles. The molecule has 5 nitrogen and oxygen atoms in total. The standard InChI is InChI=1S/C20H14N4O/c1-23-17-12-24(2)19(20(22)25)18(17)14-9-7-13(8-10-14)16-6-4-3-5-15(16)11-21/h3-10,12H,2H3,(H2,22,25). The molecule has 2 N–H and O–H groups in total. The number of nitrogens with two attached hydrogens (primary N) is 1. The monoisotopic (exact) mass is 326 g/mol. The number of benzene rings is 2. The first-order valence-corrected chi connectivity index (χ1v) is 7.53. The predicted molar refractivity (Wildman–Crippen MR) is 95.8 cm³/mol. The van der Waals surface area contributed by atoms with Crippen molar-refractivity contribution >= 4 is 11.6 Å². The Balaban J connectivity index is 2.13. The molecule has 0 spiro atoms. The zero-order chi connectivity index (χ0) is 18.0. The zero-order valence-corrected chi connectivity index (χ0v) is 13.5. The molecule has 0 bridgehead atoms. The molecule has 0 saturated carbocycles. The van der Waals surface area contributed by atoms with E-state index in [2.05, 4.69) is 10.9 Å². The first-order chi connectivity index (χ1) is 12.1. The van der Waals surface area contributed by atoms with E-state index in [1.54, 1.807) is 23.9 Å². The van der Waals surface area contributed by atoms with Gasteiger partial charge in [-0.25, -0.2) is 4.85 Å². The molecule has 1 heterocycles. The summed E-state index contributed by atoms with van der Waals surface area (Å²) in [6.07, 6.45) is 1.60. The van der Waals surface area contributed by atoms with Gasteiger partial charge in [0, 0.05) is 18.8 Å². The number of carbonyl (C=O) groups is 1. The number of amides is 1. The number of nitrogens with zero attached hydrogens (tertiary/aromatic N) is 3. The molecule has 0 fully saturated rings. The lowest BCUT2D eigenvalue weighted by atomic mass is 9.97. The van der Waals surface area contributed by atoms with E-state index in [4.69, 9.17) is 12.3 Å². The quantitative estimate of drug-likeness (QED) is 0.742. The third-order valence-electron chi connectivity index (χ3n) is 4.05. The summed E-state index contributed by atoms with van der Waals surface area (Å²) in [4.78, 5) is 15.3. The summed E-state index contributed by atoms with van der Waals surface area (Å²) >= 11 is 0. The molecule has 0 unspecified atom stereocenters. The van der Waals surface area contributed by atoms with Crippen LogP contribution in [0.3, 0.4) is 0 Å². The molecule has 1 aromatic heterocycles. The molecular weight excluding hydrogens is 312 g/mol. The van der Waals surface area contributed by atoms with Crippen molar-refractivity contribution in [2.75, 3.05) is 0 Å². The second kappa shape index (κ2) is 6.35. The third kappa shape index (κ3) is 2.75. The Hall–Kier alpha value is -3.83. The van der Waals surface area contributed by atoms with Crippen LogP contribution in [-0.2, 0) is 7.05 Å². The SMILES string of the molecule is [C-]#[N+]c1cn(C)c(C(N)=O)c1-c1ccc(-c2ccccc2C#N)cc1.